The molecule has 0 aliphatic rings. The fourth-order valence-electron chi connectivity index (χ4n) is 2.68. The van der Waals surface area contributed by atoms with Gasteiger partial charge in [-0.2, -0.15) is 20.3 Å². The smallest absolute Gasteiger partial charge is 0.167 e. The zero-order chi connectivity index (χ0) is 19.7. The zero-order valence-corrected chi connectivity index (χ0v) is 14.6. The van der Waals surface area contributed by atoms with Gasteiger partial charge in [0, 0.05) is 11.5 Å². The van der Waals surface area contributed by atoms with E-state index in [4.69, 9.17) is 16.3 Å². The van der Waals surface area contributed by atoms with Gasteiger partial charge in [0.05, 0.1) is 42.1 Å². The molecule has 0 fully saturated rings. The normalized spacial score (nSPS) is 11.7. The second-order valence-electron chi connectivity index (χ2n) is 5.90. The average molecular weight is 371 g/mol. The molecule has 4 aromatic heterocycles. The molecular formula is C17H13N11. The van der Waals surface area contributed by atoms with E-state index in [1.807, 2.05) is 6.07 Å². The fraction of sp³-hybridized carbons (Fsp3) is 0.118. The third-order valence-electron chi connectivity index (χ3n) is 4.01. The maximum Gasteiger partial charge on any atom is 0.167 e. The predicted molar refractivity (Wildman–Crippen MR) is 99.4 cm³/mol. The standard InChI is InChI=1S/C17H13N11/c1-10(6-18)24-13-5-15(21-9-14(13)27-3-2-22-26-27)28-17-12(8-23-28)4-11(7-19)16(20)25-17/h2-5,8-10H,1H3,(H2,20,25)(H,21,24)/t10-/m1/s1. The van der Waals surface area contributed by atoms with Crippen LogP contribution in [-0.2, 0) is 0 Å². The molecule has 11 heteroatoms. The number of nitrogens with two attached hydrogens (primary N) is 1. The van der Waals surface area contributed by atoms with Gasteiger partial charge < -0.3 is 11.1 Å². The zero-order valence-electron chi connectivity index (χ0n) is 14.6. The van der Waals surface area contributed by atoms with Crippen molar-refractivity contribution in [3.05, 3.63) is 42.5 Å². The number of hydrogen-bond donors (Lipinski definition) is 2. The number of fused-ring (bicyclic) bond motifs is 1. The van der Waals surface area contributed by atoms with Gasteiger partial charge >= 0.3 is 0 Å². The lowest BCUT2D eigenvalue weighted by Crippen LogP contribution is -2.15. The molecule has 11 nitrogen and oxygen atoms in total. The van der Waals surface area contributed by atoms with Gasteiger partial charge in [-0.15, -0.1) is 5.10 Å². The average Bonchev–Trinajstić information content (AvgIpc) is 3.37. The Labute approximate surface area is 158 Å². The molecule has 0 radical (unpaired) electrons. The highest BCUT2D eigenvalue weighted by Crippen LogP contribution is 2.25. The molecule has 3 N–H and O–H groups in total. The molecule has 1 atom stereocenters. The minimum atomic E-state index is -0.446. The first-order valence-corrected chi connectivity index (χ1v) is 8.18. The molecule has 4 heterocycles. The van der Waals surface area contributed by atoms with Crippen LogP contribution in [0.2, 0.25) is 0 Å². The highest BCUT2D eigenvalue weighted by molar-refractivity contribution is 5.80. The van der Waals surface area contributed by atoms with E-state index in [0.717, 1.165) is 0 Å². The number of nitriles is 2. The van der Waals surface area contributed by atoms with E-state index in [9.17, 15) is 0 Å². The molecule has 4 aromatic rings. The quantitative estimate of drug-likeness (QED) is 0.536. The van der Waals surface area contributed by atoms with Crippen molar-refractivity contribution in [2.24, 2.45) is 0 Å². The van der Waals surface area contributed by atoms with Crippen LogP contribution < -0.4 is 11.1 Å². The summed E-state index contributed by atoms with van der Waals surface area (Å²) >= 11 is 0. The lowest BCUT2D eigenvalue weighted by molar-refractivity contribution is 0.792. The molecule has 136 valence electrons. The van der Waals surface area contributed by atoms with E-state index in [-0.39, 0.29) is 11.4 Å². The van der Waals surface area contributed by atoms with Crippen LogP contribution in [0.4, 0.5) is 11.5 Å². The van der Waals surface area contributed by atoms with Crippen LogP contribution in [0.1, 0.15) is 12.5 Å². The highest BCUT2D eigenvalue weighted by Gasteiger charge is 2.15. The maximum atomic E-state index is 9.16. The Morgan fingerprint density at radius 2 is 2.11 bits per heavy atom. The lowest BCUT2D eigenvalue weighted by atomic mass is 10.2. The van der Waals surface area contributed by atoms with E-state index < -0.39 is 6.04 Å². The van der Waals surface area contributed by atoms with Crippen LogP contribution in [0.3, 0.4) is 0 Å². The van der Waals surface area contributed by atoms with E-state index in [1.54, 1.807) is 48.5 Å². The second kappa shape index (κ2) is 6.66. The van der Waals surface area contributed by atoms with Crippen molar-refractivity contribution >= 4 is 22.5 Å². The maximum absolute atomic E-state index is 9.16. The van der Waals surface area contributed by atoms with Crippen LogP contribution in [-0.4, -0.2) is 40.8 Å². The Morgan fingerprint density at radius 3 is 2.82 bits per heavy atom. The summed E-state index contributed by atoms with van der Waals surface area (Å²) in [7, 11) is 0. The third-order valence-corrected chi connectivity index (χ3v) is 4.01. The second-order valence-corrected chi connectivity index (χ2v) is 5.90. The minimum Gasteiger partial charge on any atom is -0.383 e. The van der Waals surface area contributed by atoms with Crippen LogP contribution in [0.15, 0.2) is 36.9 Å². The molecule has 0 aliphatic heterocycles. The minimum absolute atomic E-state index is 0.118. The number of hydrogen-bond acceptors (Lipinski definition) is 9. The molecule has 0 aliphatic carbocycles. The Bertz CT molecular complexity index is 1240. The van der Waals surface area contributed by atoms with Gasteiger partial charge in [0.2, 0.25) is 0 Å². The molecular weight excluding hydrogens is 358 g/mol. The summed E-state index contributed by atoms with van der Waals surface area (Å²) in [5, 5.41) is 34.1. The summed E-state index contributed by atoms with van der Waals surface area (Å²) in [5.41, 5.74) is 7.84. The van der Waals surface area contributed by atoms with Gasteiger partial charge in [0.1, 0.15) is 23.6 Å². The largest absolute Gasteiger partial charge is 0.383 e. The third kappa shape index (κ3) is 2.83. The summed E-state index contributed by atoms with van der Waals surface area (Å²) in [6, 6.07) is 7.04. The molecule has 28 heavy (non-hydrogen) atoms. The number of aromatic nitrogens is 7. The van der Waals surface area contributed by atoms with E-state index >= 15 is 0 Å². The first-order valence-electron chi connectivity index (χ1n) is 8.18. The van der Waals surface area contributed by atoms with Crippen molar-refractivity contribution in [2.75, 3.05) is 11.1 Å². The van der Waals surface area contributed by atoms with Crippen LogP contribution in [0, 0.1) is 22.7 Å². The summed E-state index contributed by atoms with van der Waals surface area (Å²) in [6.45, 7) is 1.74. The monoisotopic (exact) mass is 371 g/mol. The Morgan fingerprint density at radius 1 is 1.25 bits per heavy atom. The van der Waals surface area contributed by atoms with Crippen LogP contribution in [0.5, 0.6) is 0 Å². The lowest BCUT2D eigenvalue weighted by Gasteiger charge is -2.14. The number of nitrogen functional groups attached to an aromatic ring is 1. The van der Waals surface area contributed by atoms with Crippen molar-refractivity contribution in [1.82, 2.24) is 34.7 Å². The Kier molecular flexibility index (Phi) is 4.03. The summed E-state index contributed by atoms with van der Waals surface area (Å²) < 4.78 is 3.06. The Hall–Kier alpha value is -4.51. The summed E-state index contributed by atoms with van der Waals surface area (Å²) in [4.78, 5) is 8.71. The summed E-state index contributed by atoms with van der Waals surface area (Å²) in [6.07, 6.45) is 6.40. The van der Waals surface area contributed by atoms with Gasteiger partial charge in [-0.3, -0.25) is 0 Å². The predicted octanol–water partition coefficient (Wildman–Crippen LogP) is 1.17. The van der Waals surface area contributed by atoms with E-state index in [1.165, 1.54) is 4.68 Å². The number of nitrogens with one attached hydrogen (secondary N) is 1. The van der Waals surface area contributed by atoms with E-state index in [2.05, 4.69) is 36.8 Å². The summed E-state index contributed by atoms with van der Waals surface area (Å²) in [5.74, 6) is 0.579. The van der Waals surface area contributed by atoms with Crippen molar-refractivity contribution in [3.63, 3.8) is 0 Å². The first kappa shape index (κ1) is 16.9. The number of nitrogens with zero attached hydrogens (tertiary/aromatic N) is 9. The van der Waals surface area contributed by atoms with Crippen LogP contribution in [0.25, 0.3) is 22.5 Å². The van der Waals surface area contributed by atoms with Crippen molar-refractivity contribution < 1.29 is 0 Å². The first-order chi connectivity index (χ1) is 13.6. The van der Waals surface area contributed by atoms with Gasteiger partial charge in [-0.25, -0.2) is 14.6 Å². The SMILES string of the molecule is C[C@H](C#N)Nc1cc(-n2ncc3cc(C#N)c(N)nc32)ncc1-n1ccnn1. The van der Waals surface area contributed by atoms with Gasteiger partial charge in [-0.1, -0.05) is 5.21 Å². The van der Waals surface area contributed by atoms with Gasteiger partial charge in [0.25, 0.3) is 0 Å². The van der Waals surface area contributed by atoms with E-state index in [0.29, 0.717) is 28.2 Å². The molecule has 0 unspecified atom stereocenters. The topological polar surface area (TPSA) is 160 Å². The number of rotatable bonds is 4. The molecule has 0 saturated heterocycles. The molecule has 0 saturated carbocycles. The fourth-order valence-corrected chi connectivity index (χ4v) is 2.68. The van der Waals surface area contributed by atoms with Gasteiger partial charge in [0.15, 0.2) is 11.5 Å². The number of anilines is 2. The molecule has 0 spiro atoms. The van der Waals surface area contributed by atoms with Gasteiger partial charge in [-0.05, 0) is 13.0 Å². The molecule has 0 bridgehead atoms. The van der Waals surface area contributed by atoms with Crippen LogP contribution >= 0.6 is 0 Å². The molecule has 0 aromatic carbocycles. The Balaban J connectivity index is 1.86. The molecule has 0 amide bonds. The number of pyridine rings is 2. The van der Waals surface area contributed by atoms with Crippen molar-refractivity contribution in [3.8, 4) is 23.6 Å². The molecule has 4 rings (SSSR count). The van der Waals surface area contributed by atoms with Crippen molar-refractivity contribution in [1.29, 1.82) is 10.5 Å². The highest BCUT2D eigenvalue weighted by atomic mass is 15.4. The van der Waals surface area contributed by atoms with Crippen molar-refractivity contribution in [2.45, 2.75) is 13.0 Å².